The van der Waals surface area contributed by atoms with Gasteiger partial charge >= 0.3 is 0 Å². The molecular weight excluding hydrogens is 352 g/mol. The lowest BCUT2D eigenvalue weighted by Gasteiger charge is -2.55. The molecule has 1 N–H and O–H groups in total. The third kappa shape index (κ3) is 3.50. The third-order valence-electron chi connectivity index (χ3n) is 9.29. The van der Waals surface area contributed by atoms with Gasteiger partial charge in [-0.2, -0.15) is 0 Å². The van der Waals surface area contributed by atoms with E-state index >= 15 is 0 Å². The van der Waals surface area contributed by atoms with Crippen molar-refractivity contribution in [3.8, 4) is 0 Å². The monoisotopic (exact) mass is 401 g/mol. The minimum Gasteiger partial charge on any atom is -0.393 e. The van der Waals surface area contributed by atoms with Crippen molar-refractivity contribution < 1.29 is 12.0 Å². The molecule has 1 nitrogen and oxygen atoms in total. The Hall–Kier alpha value is -0.820. The fraction of sp³-hybridized carbons (Fsp3) is 0.786. The summed E-state index contributed by atoms with van der Waals surface area (Å²) in [5.74, 6) is 2.82. The van der Waals surface area contributed by atoms with E-state index in [4.69, 9.17) is 6.85 Å². The summed E-state index contributed by atoms with van der Waals surface area (Å²) in [5, 5.41) is 10.6. The van der Waals surface area contributed by atoms with Gasteiger partial charge in [0.05, 0.1) is 7.45 Å². The zero-order chi connectivity index (χ0) is 25.5. The van der Waals surface area contributed by atoms with E-state index < -0.39 is 24.2 Å². The Bertz CT molecular complexity index is 916. The van der Waals surface area contributed by atoms with Crippen molar-refractivity contribution in [3.05, 3.63) is 35.5 Å². The van der Waals surface area contributed by atoms with Crippen molar-refractivity contribution in [1.82, 2.24) is 0 Å². The van der Waals surface area contributed by atoms with Crippen molar-refractivity contribution in [2.45, 2.75) is 92.5 Å². The van der Waals surface area contributed by atoms with Gasteiger partial charge < -0.3 is 5.11 Å². The molecule has 0 saturated heterocycles. The third-order valence-corrected chi connectivity index (χ3v) is 9.29. The number of hydrogen-bond donors (Lipinski definition) is 1. The average Bonchev–Trinajstić information content (AvgIpc) is 3.07. The highest BCUT2D eigenvalue weighted by atomic mass is 16.3. The lowest BCUT2D eigenvalue weighted by Crippen LogP contribution is -2.46. The van der Waals surface area contributed by atoms with Gasteiger partial charge in [-0.15, -0.1) is 0 Å². The van der Waals surface area contributed by atoms with Crippen LogP contribution in [-0.2, 0) is 0 Å². The Morgan fingerprint density at radius 2 is 1.83 bits per heavy atom. The van der Waals surface area contributed by atoms with Gasteiger partial charge in [0.1, 0.15) is 0 Å². The Labute approximate surface area is 186 Å². The van der Waals surface area contributed by atoms with E-state index in [9.17, 15) is 5.11 Å². The van der Waals surface area contributed by atoms with E-state index in [2.05, 4.69) is 52.8 Å². The molecule has 4 aliphatic carbocycles. The Kier molecular flexibility index (Phi) is 4.22. The number of hydrogen-bond acceptors (Lipinski definition) is 1. The van der Waals surface area contributed by atoms with Gasteiger partial charge in [-0.25, -0.2) is 0 Å². The van der Waals surface area contributed by atoms with Gasteiger partial charge in [0, 0.05) is 5.48 Å². The second-order valence-corrected chi connectivity index (χ2v) is 11.2. The number of allylic oxidation sites excluding steroid dienone is 5. The molecule has 4 rings (SSSR count). The minimum atomic E-state index is -2.80. The summed E-state index contributed by atoms with van der Waals surface area (Å²) < 4.78 is 42.4. The highest BCUT2D eigenvalue weighted by Crippen LogP contribution is 2.65. The molecule has 0 heterocycles. The highest BCUT2D eigenvalue weighted by Gasteiger charge is 2.56. The van der Waals surface area contributed by atoms with Gasteiger partial charge in [-0.1, -0.05) is 77.0 Å². The van der Waals surface area contributed by atoms with Crippen LogP contribution in [0.5, 0.6) is 0 Å². The predicted octanol–water partition coefficient (Wildman–Crippen LogP) is 7.33. The summed E-state index contributed by atoms with van der Waals surface area (Å²) in [6.45, 7) is 13.6. The van der Waals surface area contributed by atoms with E-state index in [1.54, 1.807) is 6.08 Å². The predicted molar refractivity (Wildman–Crippen MR) is 123 cm³/mol. The SMILES string of the molecule is [2H]C1([2H])C[C@]2(C)C(=CC=C3[C@H]2CC[C@]2(C)[C@@H]([C@H](C)/C=C/[C@H](C)C(C)C)CC[C@@H]32)C([2H])([2H])[C@@]1([2H])O. The lowest BCUT2D eigenvalue weighted by atomic mass is 9.50. The first-order chi connectivity index (χ1) is 15.5. The summed E-state index contributed by atoms with van der Waals surface area (Å²) >= 11 is 0. The van der Waals surface area contributed by atoms with Crippen LogP contribution in [0, 0.1) is 46.3 Å². The molecule has 0 bridgehead atoms. The average molecular weight is 402 g/mol. The molecule has 1 heteroatoms. The first-order valence-electron chi connectivity index (χ1n) is 14.3. The van der Waals surface area contributed by atoms with Crippen LogP contribution >= 0.6 is 0 Å². The van der Waals surface area contributed by atoms with Gasteiger partial charge in [0.15, 0.2) is 0 Å². The maximum Gasteiger partial charge on any atom is 0.0604 e. The number of aliphatic hydroxyl groups is 1. The summed E-state index contributed by atoms with van der Waals surface area (Å²) in [6, 6.07) is 0. The maximum atomic E-state index is 10.6. The van der Waals surface area contributed by atoms with Gasteiger partial charge in [-0.05, 0) is 91.2 Å². The van der Waals surface area contributed by atoms with Crippen molar-refractivity contribution in [2.24, 2.45) is 46.3 Å². The van der Waals surface area contributed by atoms with E-state index in [1.807, 2.05) is 6.92 Å². The van der Waals surface area contributed by atoms with Crippen LogP contribution in [0.1, 0.15) is 93.2 Å². The molecule has 29 heavy (non-hydrogen) atoms. The van der Waals surface area contributed by atoms with Crippen LogP contribution in [-0.4, -0.2) is 11.2 Å². The molecule has 0 aromatic heterocycles. The summed E-state index contributed by atoms with van der Waals surface area (Å²) in [6.07, 6.45) is 5.41. The molecule has 0 radical (unpaired) electrons. The normalized spacial score (nSPS) is 52.6. The largest absolute Gasteiger partial charge is 0.393 e. The smallest absolute Gasteiger partial charge is 0.0604 e. The first kappa shape index (κ1) is 15.9. The first-order valence-corrected chi connectivity index (χ1v) is 11.8. The highest BCUT2D eigenvalue weighted by molar-refractivity contribution is 5.39. The Balaban J connectivity index is 1.67. The summed E-state index contributed by atoms with van der Waals surface area (Å²) in [7, 11) is 0. The molecule has 3 saturated carbocycles. The van der Waals surface area contributed by atoms with Gasteiger partial charge in [0.25, 0.3) is 0 Å². The quantitative estimate of drug-likeness (QED) is 0.489. The summed E-state index contributed by atoms with van der Waals surface area (Å²) in [4.78, 5) is 0. The molecule has 162 valence electrons. The van der Waals surface area contributed by atoms with Crippen molar-refractivity contribution in [2.75, 3.05) is 0 Å². The number of fused-ring (bicyclic) bond motifs is 5. The molecule has 8 atom stereocenters. The summed E-state index contributed by atoms with van der Waals surface area (Å²) in [5.41, 5.74) is 1.23. The fourth-order valence-electron chi connectivity index (χ4n) is 6.92. The second kappa shape index (κ2) is 7.70. The van der Waals surface area contributed by atoms with E-state index in [0.29, 0.717) is 35.2 Å². The fourth-order valence-corrected chi connectivity index (χ4v) is 6.92. The Morgan fingerprint density at radius 3 is 2.55 bits per heavy atom. The van der Waals surface area contributed by atoms with Crippen LogP contribution < -0.4 is 0 Å². The Morgan fingerprint density at radius 1 is 1.07 bits per heavy atom. The maximum absolute atomic E-state index is 10.6. The van der Waals surface area contributed by atoms with Crippen molar-refractivity contribution >= 4 is 0 Å². The van der Waals surface area contributed by atoms with E-state index in [1.165, 1.54) is 12.0 Å². The van der Waals surface area contributed by atoms with E-state index in [-0.39, 0.29) is 17.8 Å². The van der Waals surface area contributed by atoms with Crippen molar-refractivity contribution in [1.29, 1.82) is 0 Å². The van der Waals surface area contributed by atoms with Crippen molar-refractivity contribution in [3.63, 3.8) is 0 Å². The molecule has 0 aromatic rings. The van der Waals surface area contributed by atoms with Crippen LogP contribution in [0.15, 0.2) is 35.5 Å². The van der Waals surface area contributed by atoms with Crippen LogP contribution in [0.25, 0.3) is 0 Å². The molecular formula is C28H44O. The zero-order valence-corrected chi connectivity index (χ0v) is 19.3. The molecule has 4 aliphatic rings. The molecule has 0 spiro atoms. The zero-order valence-electron chi connectivity index (χ0n) is 24.3. The molecule has 3 fully saturated rings. The number of rotatable bonds is 4. The molecule has 0 aliphatic heterocycles. The van der Waals surface area contributed by atoms with Crippen LogP contribution in [0.3, 0.4) is 0 Å². The topological polar surface area (TPSA) is 20.2 Å². The lowest BCUT2D eigenvalue weighted by molar-refractivity contribution is 0.0382. The van der Waals surface area contributed by atoms with Gasteiger partial charge in [0.2, 0.25) is 0 Å². The molecule has 0 unspecified atom stereocenters. The van der Waals surface area contributed by atoms with Gasteiger partial charge in [-0.3, -0.25) is 0 Å². The molecule has 0 amide bonds. The van der Waals surface area contributed by atoms with Crippen LogP contribution in [0.4, 0.5) is 0 Å². The standard InChI is InChI=1S/C28H44O/c1-18(2)19(3)7-8-20(4)24-11-12-25-23-10-9-21-17-22(29)13-15-27(21,5)26(23)14-16-28(24,25)6/h7-10,18-20,22,24-26,29H,11-17H2,1-6H3/b8-7+/t19-,20+,22-,24+,25-,26+,27+,28+/m0/s1/i13D2,17D2,22D. The van der Waals surface area contributed by atoms with Crippen LogP contribution in [0.2, 0.25) is 0 Å². The minimum absolute atomic E-state index is 0.0214. The molecule has 0 aromatic carbocycles. The van der Waals surface area contributed by atoms with E-state index in [0.717, 1.165) is 19.3 Å². The second-order valence-electron chi connectivity index (χ2n) is 11.2.